The molecule has 0 saturated carbocycles. The van der Waals surface area contributed by atoms with Gasteiger partial charge in [-0.25, -0.2) is 9.97 Å². The molecule has 0 atom stereocenters. The van der Waals surface area contributed by atoms with Gasteiger partial charge in [0, 0.05) is 18.3 Å². The van der Waals surface area contributed by atoms with Gasteiger partial charge in [0.05, 0.1) is 19.9 Å². The molecule has 1 N–H and O–H groups in total. The Balaban J connectivity index is 2.58. The van der Waals surface area contributed by atoms with E-state index in [2.05, 4.69) is 15.3 Å². The van der Waals surface area contributed by atoms with E-state index >= 15 is 0 Å². The summed E-state index contributed by atoms with van der Waals surface area (Å²) < 4.78 is 10.8. The molecule has 2 aromatic rings. The molecule has 1 aromatic heterocycles. The first kappa shape index (κ1) is 14.1. The number of para-hydroxylation sites is 1. The Morgan fingerprint density at radius 2 is 2.00 bits per heavy atom. The van der Waals surface area contributed by atoms with Crippen LogP contribution in [0.2, 0.25) is 0 Å². The van der Waals surface area contributed by atoms with E-state index < -0.39 is 0 Å². The predicted octanol–water partition coefficient (Wildman–Crippen LogP) is 2.90. The fourth-order valence-electron chi connectivity index (χ4n) is 2.03. The van der Waals surface area contributed by atoms with Gasteiger partial charge in [-0.2, -0.15) is 0 Å². The number of nitrogens with one attached hydrogen (secondary N) is 1. The van der Waals surface area contributed by atoms with Gasteiger partial charge in [-0.05, 0) is 31.5 Å². The summed E-state index contributed by atoms with van der Waals surface area (Å²) in [6.07, 6.45) is 1.80. The van der Waals surface area contributed by atoms with E-state index in [0.29, 0.717) is 17.4 Å². The normalized spacial score (nSPS) is 10.2. The van der Waals surface area contributed by atoms with Crippen molar-refractivity contribution >= 4 is 5.95 Å². The van der Waals surface area contributed by atoms with Gasteiger partial charge in [-0.15, -0.1) is 0 Å². The second kappa shape index (κ2) is 6.23. The van der Waals surface area contributed by atoms with E-state index in [-0.39, 0.29) is 0 Å². The molecular formula is C15H19N3O2. The van der Waals surface area contributed by atoms with Crippen LogP contribution in [0.25, 0.3) is 11.3 Å². The molecule has 106 valence electrons. The zero-order valence-electron chi connectivity index (χ0n) is 12.2. The maximum Gasteiger partial charge on any atom is 0.223 e. The predicted molar refractivity (Wildman–Crippen MR) is 79.5 cm³/mol. The average Bonchev–Trinajstić information content (AvgIpc) is 2.48. The van der Waals surface area contributed by atoms with Crippen LogP contribution in [0.5, 0.6) is 11.5 Å². The van der Waals surface area contributed by atoms with Crippen LogP contribution in [0, 0.1) is 6.92 Å². The summed E-state index contributed by atoms with van der Waals surface area (Å²) in [6.45, 7) is 4.76. The first-order chi connectivity index (χ1) is 9.71. The summed E-state index contributed by atoms with van der Waals surface area (Å²) in [5.41, 5.74) is 2.72. The van der Waals surface area contributed by atoms with Gasteiger partial charge in [0.15, 0.2) is 11.5 Å². The maximum absolute atomic E-state index is 5.47. The lowest BCUT2D eigenvalue weighted by Gasteiger charge is -2.14. The van der Waals surface area contributed by atoms with Crippen molar-refractivity contribution in [3.63, 3.8) is 0 Å². The van der Waals surface area contributed by atoms with E-state index in [1.807, 2.05) is 32.0 Å². The van der Waals surface area contributed by atoms with E-state index in [1.54, 1.807) is 20.4 Å². The molecule has 0 unspecified atom stereocenters. The quantitative estimate of drug-likeness (QED) is 0.907. The van der Waals surface area contributed by atoms with E-state index in [4.69, 9.17) is 9.47 Å². The van der Waals surface area contributed by atoms with Gasteiger partial charge in [-0.3, -0.25) is 0 Å². The number of nitrogens with zero attached hydrogens (tertiary/aromatic N) is 2. The number of ether oxygens (including phenoxy) is 2. The van der Waals surface area contributed by atoms with Crippen molar-refractivity contribution in [3.05, 3.63) is 30.0 Å². The van der Waals surface area contributed by atoms with Crippen molar-refractivity contribution in [3.8, 4) is 22.8 Å². The Bertz CT molecular complexity index is 600. The molecule has 2 rings (SSSR count). The second-order valence-corrected chi connectivity index (χ2v) is 4.30. The van der Waals surface area contributed by atoms with Gasteiger partial charge in [0.2, 0.25) is 5.95 Å². The Labute approximate surface area is 119 Å². The highest BCUT2D eigenvalue weighted by atomic mass is 16.5. The van der Waals surface area contributed by atoms with Crippen LogP contribution in [0.15, 0.2) is 24.4 Å². The van der Waals surface area contributed by atoms with E-state index in [9.17, 15) is 0 Å². The summed E-state index contributed by atoms with van der Waals surface area (Å²) in [5.74, 6) is 1.98. The number of rotatable bonds is 5. The Kier molecular flexibility index (Phi) is 4.40. The molecule has 1 aromatic carbocycles. The number of hydrogen-bond donors (Lipinski definition) is 1. The van der Waals surface area contributed by atoms with Gasteiger partial charge >= 0.3 is 0 Å². The lowest BCUT2D eigenvalue weighted by Crippen LogP contribution is -2.04. The van der Waals surface area contributed by atoms with Gasteiger partial charge in [0.25, 0.3) is 0 Å². The highest BCUT2D eigenvalue weighted by Crippen LogP contribution is 2.38. The van der Waals surface area contributed by atoms with Gasteiger partial charge in [0.1, 0.15) is 0 Å². The largest absolute Gasteiger partial charge is 0.493 e. The number of methoxy groups -OCH3 is 2. The Hall–Kier alpha value is -2.30. The highest BCUT2D eigenvalue weighted by molar-refractivity contribution is 5.73. The molecule has 1 heterocycles. The first-order valence-electron chi connectivity index (χ1n) is 6.50. The molecule has 0 amide bonds. The maximum atomic E-state index is 5.47. The number of aromatic nitrogens is 2. The monoisotopic (exact) mass is 273 g/mol. The fourth-order valence-corrected chi connectivity index (χ4v) is 2.03. The molecule has 0 radical (unpaired) electrons. The first-order valence-corrected chi connectivity index (χ1v) is 6.50. The van der Waals surface area contributed by atoms with Crippen molar-refractivity contribution in [2.24, 2.45) is 0 Å². The molecule has 0 aliphatic heterocycles. The van der Waals surface area contributed by atoms with Crippen LogP contribution in [-0.4, -0.2) is 30.7 Å². The van der Waals surface area contributed by atoms with Crippen LogP contribution in [0.1, 0.15) is 12.5 Å². The molecule has 20 heavy (non-hydrogen) atoms. The number of benzene rings is 1. The molecule has 0 saturated heterocycles. The lowest BCUT2D eigenvalue weighted by atomic mass is 10.1. The smallest absolute Gasteiger partial charge is 0.223 e. The second-order valence-electron chi connectivity index (χ2n) is 4.30. The van der Waals surface area contributed by atoms with Crippen molar-refractivity contribution in [2.75, 3.05) is 26.1 Å². The van der Waals surface area contributed by atoms with Crippen LogP contribution in [0.3, 0.4) is 0 Å². The van der Waals surface area contributed by atoms with Crippen molar-refractivity contribution in [2.45, 2.75) is 13.8 Å². The van der Waals surface area contributed by atoms with Gasteiger partial charge < -0.3 is 14.8 Å². The van der Waals surface area contributed by atoms with Crippen molar-refractivity contribution in [1.29, 1.82) is 0 Å². The summed E-state index contributed by atoms with van der Waals surface area (Å²) in [6, 6.07) is 5.75. The average molecular weight is 273 g/mol. The number of aryl methyl sites for hydroxylation is 1. The SMILES string of the molecule is CCNc1ncc(C)c(-c2cccc(OC)c2OC)n1. The Morgan fingerprint density at radius 1 is 1.20 bits per heavy atom. The molecule has 0 spiro atoms. The van der Waals surface area contributed by atoms with E-state index in [0.717, 1.165) is 23.4 Å². The van der Waals surface area contributed by atoms with E-state index in [1.165, 1.54) is 0 Å². The fraction of sp³-hybridized carbons (Fsp3) is 0.333. The van der Waals surface area contributed by atoms with Gasteiger partial charge in [-0.1, -0.05) is 6.07 Å². The summed E-state index contributed by atoms with van der Waals surface area (Å²) in [5, 5.41) is 3.12. The molecule has 0 fully saturated rings. The Morgan fingerprint density at radius 3 is 2.65 bits per heavy atom. The summed E-state index contributed by atoms with van der Waals surface area (Å²) in [7, 11) is 3.25. The third-order valence-corrected chi connectivity index (χ3v) is 2.96. The van der Waals surface area contributed by atoms with Crippen LogP contribution < -0.4 is 14.8 Å². The molecule has 0 aliphatic rings. The number of anilines is 1. The zero-order valence-corrected chi connectivity index (χ0v) is 12.2. The third-order valence-electron chi connectivity index (χ3n) is 2.96. The lowest BCUT2D eigenvalue weighted by molar-refractivity contribution is 0.356. The molecule has 0 aliphatic carbocycles. The van der Waals surface area contributed by atoms with Crippen LogP contribution in [0.4, 0.5) is 5.95 Å². The van der Waals surface area contributed by atoms with Crippen molar-refractivity contribution < 1.29 is 9.47 Å². The molecule has 0 bridgehead atoms. The topological polar surface area (TPSA) is 56.3 Å². The minimum absolute atomic E-state index is 0.609. The standard InChI is InChI=1S/C15H19N3O2/c1-5-16-15-17-9-10(2)13(18-15)11-7-6-8-12(19-3)14(11)20-4/h6-9H,5H2,1-4H3,(H,16,17,18). The molecule has 5 heteroatoms. The number of hydrogen-bond acceptors (Lipinski definition) is 5. The summed E-state index contributed by atoms with van der Waals surface area (Å²) >= 11 is 0. The minimum Gasteiger partial charge on any atom is -0.493 e. The van der Waals surface area contributed by atoms with Crippen molar-refractivity contribution in [1.82, 2.24) is 9.97 Å². The minimum atomic E-state index is 0.609. The summed E-state index contributed by atoms with van der Waals surface area (Å²) in [4.78, 5) is 8.82. The van der Waals surface area contributed by atoms with Crippen LogP contribution >= 0.6 is 0 Å². The van der Waals surface area contributed by atoms with Crippen LogP contribution in [-0.2, 0) is 0 Å². The molecule has 5 nitrogen and oxygen atoms in total. The highest BCUT2D eigenvalue weighted by Gasteiger charge is 2.15. The zero-order chi connectivity index (χ0) is 14.5. The third kappa shape index (κ3) is 2.66. The molecular weight excluding hydrogens is 254 g/mol.